The number of carbonyl (C=O) groups is 1. The van der Waals surface area contributed by atoms with Gasteiger partial charge in [0.1, 0.15) is 11.8 Å². The van der Waals surface area contributed by atoms with Gasteiger partial charge in [-0.2, -0.15) is 10.5 Å². The standard InChI is InChI=1S/C22H22N6O/c1-13-7-15(11-24)12-25-20(13)22(29)26-17-5-6-19-18(9-17)21(28-27-19)16-4-2-3-14(8-16)10-23/h2-4,7-8,12,17-19,21,27-28H,5-6,9H2,1H3,(H,26,29). The summed E-state index contributed by atoms with van der Waals surface area (Å²) in [6.07, 6.45) is 4.12. The van der Waals surface area contributed by atoms with Crippen LogP contribution in [0.4, 0.5) is 0 Å². The van der Waals surface area contributed by atoms with Gasteiger partial charge in [0.25, 0.3) is 5.91 Å². The van der Waals surface area contributed by atoms with E-state index in [4.69, 9.17) is 5.26 Å². The Labute approximate surface area is 169 Å². The number of hydrogen-bond donors (Lipinski definition) is 3. The summed E-state index contributed by atoms with van der Waals surface area (Å²) >= 11 is 0. The minimum atomic E-state index is -0.197. The molecule has 1 amide bonds. The van der Waals surface area contributed by atoms with Crippen LogP contribution in [0, 0.1) is 35.5 Å². The molecule has 1 aliphatic heterocycles. The van der Waals surface area contributed by atoms with E-state index in [1.54, 1.807) is 19.1 Å². The van der Waals surface area contributed by atoms with Crippen LogP contribution in [0.15, 0.2) is 36.5 Å². The normalized spacial score (nSPS) is 25.5. The molecular weight excluding hydrogens is 364 g/mol. The molecule has 2 aromatic rings. The molecule has 4 rings (SSSR count). The van der Waals surface area contributed by atoms with Gasteiger partial charge in [-0.05, 0) is 61.4 Å². The second-order valence-corrected chi connectivity index (χ2v) is 7.76. The van der Waals surface area contributed by atoms with Crippen molar-refractivity contribution in [1.29, 1.82) is 10.5 Å². The van der Waals surface area contributed by atoms with Crippen LogP contribution >= 0.6 is 0 Å². The summed E-state index contributed by atoms with van der Waals surface area (Å²) in [4.78, 5) is 16.9. The van der Waals surface area contributed by atoms with Gasteiger partial charge < -0.3 is 5.32 Å². The first-order valence-corrected chi connectivity index (χ1v) is 9.77. The summed E-state index contributed by atoms with van der Waals surface area (Å²) in [6.45, 7) is 1.79. The summed E-state index contributed by atoms with van der Waals surface area (Å²) in [7, 11) is 0. The van der Waals surface area contributed by atoms with Crippen LogP contribution in [-0.4, -0.2) is 23.0 Å². The summed E-state index contributed by atoms with van der Waals surface area (Å²) in [5, 5.41) is 21.3. The lowest BCUT2D eigenvalue weighted by Crippen LogP contribution is -2.44. The third-order valence-electron chi connectivity index (χ3n) is 5.88. The molecule has 1 saturated heterocycles. The number of amides is 1. The molecule has 29 heavy (non-hydrogen) atoms. The predicted molar refractivity (Wildman–Crippen MR) is 106 cm³/mol. The Morgan fingerprint density at radius 2 is 2.00 bits per heavy atom. The molecule has 1 aliphatic carbocycles. The topological polar surface area (TPSA) is 114 Å². The molecule has 2 aliphatic rings. The number of nitrogens with zero attached hydrogens (tertiary/aromatic N) is 3. The Hall–Kier alpha value is -3.26. The number of hydrazine groups is 1. The van der Waals surface area contributed by atoms with E-state index < -0.39 is 0 Å². The first-order valence-electron chi connectivity index (χ1n) is 9.77. The van der Waals surface area contributed by atoms with Crippen LogP contribution in [-0.2, 0) is 0 Å². The minimum absolute atomic E-state index is 0.0592. The SMILES string of the molecule is Cc1cc(C#N)cnc1C(=O)NC1CCC2NNC(c3cccc(C#N)c3)C2C1. The second kappa shape index (κ2) is 8.00. The van der Waals surface area contributed by atoms with Gasteiger partial charge in [-0.25, -0.2) is 10.4 Å². The molecular formula is C22H22N6O. The smallest absolute Gasteiger partial charge is 0.270 e. The van der Waals surface area contributed by atoms with Crippen molar-refractivity contribution >= 4 is 5.91 Å². The largest absolute Gasteiger partial charge is 0.348 e. The van der Waals surface area contributed by atoms with Crippen molar-refractivity contribution in [3.8, 4) is 12.1 Å². The molecule has 0 bridgehead atoms. The lowest BCUT2D eigenvalue weighted by atomic mass is 9.77. The van der Waals surface area contributed by atoms with Crippen LogP contribution < -0.4 is 16.2 Å². The van der Waals surface area contributed by atoms with Crippen molar-refractivity contribution in [2.75, 3.05) is 0 Å². The Morgan fingerprint density at radius 1 is 1.17 bits per heavy atom. The third kappa shape index (κ3) is 3.84. The molecule has 0 spiro atoms. The van der Waals surface area contributed by atoms with E-state index in [1.807, 2.05) is 24.3 Å². The predicted octanol–water partition coefficient (Wildman–Crippen LogP) is 2.25. The Morgan fingerprint density at radius 3 is 2.76 bits per heavy atom. The molecule has 1 saturated carbocycles. The number of aromatic nitrogens is 1. The molecule has 2 fully saturated rings. The van der Waals surface area contributed by atoms with Crippen LogP contribution in [0.5, 0.6) is 0 Å². The van der Waals surface area contributed by atoms with Gasteiger partial charge in [0.05, 0.1) is 23.2 Å². The molecule has 1 aromatic carbocycles. The van der Waals surface area contributed by atoms with E-state index in [-0.39, 0.29) is 18.0 Å². The second-order valence-electron chi connectivity index (χ2n) is 7.76. The number of nitrogens with one attached hydrogen (secondary N) is 3. The van der Waals surface area contributed by atoms with Crippen LogP contribution in [0.3, 0.4) is 0 Å². The number of benzene rings is 1. The van der Waals surface area contributed by atoms with Gasteiger partial charge in [-0.3, -0.25) is 10.2 Å². The maximum absolute atomic E-state index is 12.7. The maximum atomic E-state index is 12.7. The van der Waals surface area contributed by atoms with Crippen LogP contribution in [0.2, 0.25) is 0 Å². The lowest BCUT2D eigenvalue weighted by molar-refractivity contribution is 0.0909. The fourth-order valence-electron chi connectivity index (χ4n) is 4.45. The zero-order chi connectivity index (χ0) is 20.4. The van der Waals surface area contributed by atoms with Gasteiger partial charge >= 0.3 is 0 Å². The van der Waals surface area contributed by atoms with E-state index in [0.717, 1.165) is 24.8 Å². The number of rotatable bonds is 3. The molecule has 3 N–H and O–H groups in total. The van der Waals surface area contributed by atoms with Gasteiger partial charge in [0, 0.05) is 18.3 Å². The van der Waals surface area contributed by atoms with Crippen molar-refractivity contribution in [2.45, 2.75) is 44.3 Å². The summed E-state index contributed by atoms with van der Waals surface area (Å²) < 4.78 is 0. The van der Waals surface area contributed by atoms with Gasteiger partial charge in [-0.1, -0.05) is 12.1 Å². The zero-order valence-electron chi connectivity index (χ0n) is 16.1. The third-order valence-corrected chi connectivity index (χ3v) is 5.88. The molecule has 2 heterocycles. The van der Waals surface area contributed by atoms with Gasteiger partial charge in [0.15, 0.2) is 0 Å². The molecule has 1 aromatic heterocycles. The average Bonchev–Trinajstić information content (AvgIpc) is 3.16. The lowest BCUT2D eigenvalue weighted by Gasteiger charge is -2.33. The fraction of sp³-hybridized carbons (Fsp3) is 0.364. The Kier molecular flexibility index (Phi) is 5.26. The molecule has 0 radical (unpaired) electrons. The highest BCUT2D eigenvalue weighted by molar-refractivity contribution is 5.93. The summed E-state index contributed by atoms with van der Waals surface area (Å²) in [5.74, 6) is 0.121. The number of aryl methyl sites for hydroxylation is 1. The quantitative estimate of drug-likeness (QED) is 0.746. The van der Waals surface area contributed by atoms with Gasteiger partial charge in [0.2, 0.25) is 0 Å². The van der Waals surface area contributed by atoms with Crippen molar-refractivity contribution < 1.29 is 4.79 Å². The first-order chi connectivity index (χ1) is 14.1. The van der Waals surface area contributed by atoms with E-state index in [2.05, 4.69) is 27.2 Å². The number of pyridine rings is 1. The number of hydrogen-bond acceptors (Lipinski definition) is 6. The average molecular weight is 386 g/mol. The first kappa shape index (κ1) is 19.1. The highest BCUT2D eigenvalue weighted by atomic mass is 16.1. The van der Waals surface area contributed by atoms with E-state index in [1.165, 1.54) is 6.20 Å². The summed E-state index contributed by atoms with van der Waals surface area (Å²) in [6, 6.07) is 14.1. The Balaban J connectivity index is 1.47. The molecule has 4 atom stereocenters. The van der Waals surface area contributed by atoms with E-state index in [9.17, 15) is 10.1 Å². The molecule has 7 nitrogen and oxygen atoms in total. The summed E-state index contributed by atoms with van der Waals surface area (Å²) in [5.41, 5.74) is 10.0. The molecule has 146 valence electrons. The number of fused-ring (bicyclic) bond motifs is 1. The molecule has 4 unspecified atom stereocenters. The minimum Gasteiger partial charge on any atom is -0.348 e. The zero-order valence-corrected chi connectivity index (χ0v) is 16.1. The van der Waals surface area contributed by atoms with E-state index >= 15 is 0 Å². The van der Waals surface area contributed by atoms with E-state index in [0.29, 0.717) is 34.3 Å². The number of nitriles is 2. The van der Waals surface area contributed by atoms with Gasteiger partial charge in [-0.15, -0.1) is 0 Å². The highest BCUT2D eigenvalue weighted by Gasteiger charge is 2.41. The molecule has 7 heteroatoms. The number of carbonyl (C=O) groups excluding carboxylic acids is 1. The van der Waals surface area contributed by atoms with Crippen LogP contribution in [0.25, 0.3) is 0 Å². The fourth-order valence-corrected chi connectivity index (χ4v) is 4.45. The monoisotopic (exact) mass is 386 g/mol. The maximum Gasteiger partial charge on any atom is 0.270 e. The van der Waals surface area contributed by atoms with Crippen LogP contribution in [0.1, 0.15) is 58.0 Å². The van der Waals surface area contributed by atoms with Crippen molar-refractivity contribution in [3.63, 3.8) is 0 Å². The van der Waals surface area contributed by atoms with Crippen molar-refractivity contribution in [2.24, 2.45) is 5.92 Å². The highest BCUT2D eigenvalue weighted by Crippen LogP contribution is 2.38. The Bertz CT molecular complexity index is 1020. The van der Waals surface area contributed by atoms with Crippen molar-refractivity contribution in [1.82, 2.24) is 21.2 Å². The van der Waals surface area contributed by atoms with Crippen molar-refractivity contribution in [3.05, 3.63) is 64.5 Å².